The minimum absolute atomic E-state index is 0.0897. The van der Waals surface area contributed by atoms with E-state index < -0.39 is 11.1 Å². The maximum atomic E-state index is 15.4. The lowest BCUT2D eigenvalue weighted by molar-refractivity contribution is -0.134. The van der Waals surface area contributed by atoms with Gasteiger partial charge in [0.25, 0.3) is 0 Å². The van der Waals surface area contributed by atoms with Crippen LogP contribution in [0.3, 0.4) is 0 Å². The van der Waals surface area contributed by atoms with Crippen LogP contribution in [0.15, 0.2) is 65.8 Å². The first-order valence-corrected chi connectivity index (χ1v) is 20.7. The molecule has 0 spiro atoms. The number of nitrogens with zero attached hydrogens (tertiary/aromatic N) is 5. The van der Waals surface area contributed by atoms with Gasteiger partial charge in [-0.1, -0.05) is 68.2 Å². The van der Waals surface area contributed by atoms with E-state index in [1.807, 2.05) is 90.1 Å². The molecule has 2 atom stereocenters. The number of halogens is 2. The number of urea groups is 1. The molecular formula is C44H59Cl2N5O5. The first kappa shape index (κ1) is 43.4. The van der Waals surface area contributed by atoms with Crippen molar-refractivity contribution < 1.29 is 23.8 Å². The van der Waals surface area contributed by atoms with Crippen LogP contribution < -0.4 is 4.74 Å². The second-order valence-electron chi connectivity index (χ2n) is 15.9. The minimum Gasteiger partial charge on any atom is -0.493 e. The molecular weight excluding hydrogens is 749 g/mol. The molecule has 2 aliphatic rings. The highest BCUT2D eigenvalue weighted by molar-refractivity contribution is 6.30. The van der Waals surface area contributed by atoms with Crippen molar-refractivity contribution in [1.29, 1.82) is 0 Å². The topological polar surface area (TPSA) is 96.8 Å². The van der Waals surface area contributed by atoms with Crippen LogP contribution in [-0.4, -0.2) is 96.7 Å². The number of aromatic nitrogens is 1. The Balaban J connectivity index is 1.54. The van der Waals surface area contributed by atoms with E-state index in [9.17, 15) is 4.79 Å². The van der Waals surface area contributed by atoms with E-state index in [1.54, 1.807) is 6.20 Å². The van der Waals surface area contributed by atoms with Crippen LogP contribution >= 0.6 is 23.2 Å². The summed E-state index contributed by atoms with van der Waals surface area (Å²) in [6.07, 6.45) is 3.60. The lowest BCUT2D eigenvalue weighted by Crippen LogP contribution is -2.59. The number of hydrogen-bond acceptors (Lipinski definition) is 7. The lowest BCUT2D eigenvalue weighted by atomic mass is 9.71. The maximum absolute atomic E-state index is 15.4. The highest BCUT2D eigenvalue weighted by atomic mass is 35.5. The molecule has 5 rings (SSSR count). The van der Waals surface area contributed by atoms with E-state index in [2.05, 4.69) is 34.6 Å². The fraction of sp³-hybridized carbons (Fsp3) is 0.545. The smallest absolute Gasteiger partial charge is 0.326 e. The van der Waals surface area contributed by atoms with Gasteiger partial charge in [0.1, 0.15) is 22.7 Å². The molecule has 1 fully saturated rings. The summed E-state index contributed by atoms with van der Waals surface area (Å²) in [6, 6.07) is 17.1. The Kier molecular flexibility index (Phi) is 14.5. The standard InChI is InChI=1S/C44H59Cl2N5O5/c1-9-54-26-24-49(25-27-55-10-2)39(52)28-31-20-22-50(23-21-31)41(53)51-40(36-30-47-38(42(4,5)6)29-37(36)56-11-3)48-43(7,32-12-16-34(45)17-13-32)44(51,8)33-14-18-35(46)19-15-33/h12-19,29-31H,9-11,20-28H2,1-8H3/t43-,44+/m0/s1. The predicted molar refractivity (Wildman–Crippen MR) is 224 cm³/mol. The molecule has 1 saturated heterocycles. The second-order valence-corrected chi connectivity index (χ2v) is 16.7. The fourth-order valence-electron chi connectivity index (χ4n) is 7.70. The van der Waals surface area contributed by atoms with Crippen molar-refractivity contribution >= 4 is 41.0 Å². The molecule has 0 radical (unpaired) electrons. The lowest BCUT2D eigenvalue weighted by Gasteiger charge is -2.47. The van der Waals surface area contributed by atoms with Crippen LogP contribution in [0.4, 0.5) is 4.79 Å². The first-order valence-electron chi connectivity index (χ1n) is 20.0. The third-order valence-electron chi connectivity index (χ3n) is 11.2. The average Bonchev–Trinajstić information content (AvgIpc) is 3.42. The van der Waals surface area contributed by atoms with Crippen molar-refractivity contribution in [2.45, 2.75) is 91.1 Å². The Morgan fingerprint density at radius 3 is 1.93 bits per heavy atom. The molecule has 2 aliphatic heterocycles. The average molecular weight is 809 g/mol. The maximum Gasteiger partial charge on any atom is 0.326 e. The normalized spacial score (nSPS) is 20.3. The van der Waals surface area contributed by atoms with Crippen molar-refractivity contribution in [2.75, 3.05) is 59.2 Å². The number of amides is 3. The van der Waals surface area contributed by atoms with Gasteiger partial charge < -0.3 is 24.0 Å². The van der Waals surface area contributed by atoms with E-state index in [0.29, 0.717) is 106 Å². The Labute approximate surface area is 343 Å². The van der Waals surface area contributed by atoms with Gasteiger partial charge >= 0.3 is 6.03 Å². The molecule has 3 aromatic rings. The number of piperidine rings is 1. The number of rotatable bonds is 15. The first-order chi connectivity index (χ1) is 26.7. The van der Waals surface area contributed by atoms with Crippen LogP contribution in [-0.2, 0) is 30.8 Å². The molecule has 0 aliphatic carbocycles. The number of benzene rings is 2. The number of pyridine rings is 1. The number of likely N-dealkylation sites (tertiary alicyclic amines) is 1. The summed E-state index contributed by atoms with van der Waals surface area (Å²) in [4.78, 5) is 45.0. The zero-order chi connectivity index (χ0) is 40.7. The fourth-order valence-corrected chi connectivity index (χ4v) is 7.95. The van der Waals surface area contributed by atoms with Gasteiger partial charge in [0.2, 0.25) is 5.91 Å². The highest BCUT2D eigenvalue weighted by Crippen LogP contribution is 2.54. The summed E-state index contributed by atoms with van der Waals surface area (Å²) < 4.78 is 17.4. The number of aliphatic imine (C=N–C) groups is 1. The summed E-state index contributed by atoms with van der Waals surface area (Å²) in [7, 11) is 0. The SMILES string of the molecule is CCOCCN(CCOCC)C(=O)CC1CCN(C(=O)N2C(c3cnc(C(C)(C)C)cc3OCC)=N[C@@](C)(c3ccc(Cl)cc3)[C@@]2(C)c2ccc(Cl)cc2)CC1. The Morgan fingerprint density at radius 2 is 1.41 bits per heavy atom. The molecule has 2 aromatic carbocycles. The molecule has 0 N–H and O–H groups in total. The van der Waals surface area contributed by atoms with Crippen LogP contribution in [0.1, 0.15) is 97.0 Å². The van der Waals surface area contributed by atoms with E-state index >= 15 is 4.79 Å². The van der Waals surface area contributed by atoms with Gasteiger partial charge in [0.15, 0.2) is 0 Å². The molecule has 0 unspecified atom stereocenters. The van der Waals surface area contributed by atoms with Crippen LogP contribution in [0.5, 0.6) is 5.75 Å². The highest BCUT2D eigenvalue weighted by Gasteiger charge is 2.60. The minimum atomic E-state index is -1.04. The quantitative estimate of drug-likeness (QED) is 0.142. The van der Waals surface area contributed by atoms with Gasteiger partial charge in [0.05, 0.1) is 25.4 Å². The van der Waals surface area contributed by atoms with Crippen molar-refractivity contribution in [3.63, 3.8) is 0 Å². The van der Waals surface area contributed by atoms with Crippen LogP contribution in [0.25, 0.3) is 0 Å². The zero-order valence-electron chi connectivity index (χ0n) is 34.4. The molecule has 10 nitrogen and oxygen atoms in total. The number of carbonyl (C=O) groups excluding carboxylic acids is 2. The van der Waals surface area contributed by atoms with Crippen LogP contribution in [0, 0.1) is 5.92 Å². The van der Waals surface area contributed by atoms with Gasteiger partial charge in [-0.2, -0.15) is 0 Å². The molecule has 3 heterocycles. The molecule has 0 bridgehead atoms. The van der Waals surface area contributed by atoms with Gasteiger partial charge in [-0.15, -0.1) is 0 Å². The molecule has 12 heteroatoms. The Morgan fingerprint density at radius 1 is 0.857 bits per heavy atom. The molecule has 3 amide bonds. The summed E-state index contributed by atoms with van der Waals surface area (Å²) >= 11 is 12.9. The number of hydrogen-bond donors (Lipinski definition) is 0. The van der Waals surface area contributed by atoms with Crippen molar-refractivity contribution in [1.82, 2.24) is 19.7 Å². The number of ether oxygens (including phenoxy) is 3. The van der Waals surface area contributed by atoms with Crippen molar-refractivity contribution in [3.8, 4) is 5.75 Å². The second kappa shape index (κ2) is 18.7. The molecule has 304 valence electrons. The summed E-state index contributed by atoms with van der Waals surface area (Å²) in [5.74, 6) is 1.31. The van der Waals surface area contributed by atoms with Gasteiger partial charge in [-0.25, -0.2) is 4.79 Å². The van der Waals surface area contributed by atoms with Gasteiger partial charge in [-0.3, -0.25) is 19.7 Å². The van der Waals surface area contributed by atoms with E-state index in [1.165, 1.54) is 0 Å². The Bertz CT molecular complexity index is 1810. The zero-order valence-corrected chi connectivity index (χ0v) is 35.9. The van der Waals surface area contributed by atoms with E-state index in [0.717, 1.165) is 16.8 Å². The monoisotopic (exact) mass is 807 g/mol. The van der Waals surface area contributed by atoms with Crippen molar-refractivity contribution in [3.05, 3.63) is 93.2 Å². The molecule has 56 heavy (non-hydrogen) atoms. The third kappa shape index (κ3) is 9.36. The summed E-state index contributed by atoms with van der Waals surface area (Å²) in [5, 5.41) is 1.20. The summed E-state index contributed by atoms with van der Waals surface area (Å²) in [5.41, 5.74) is 0.989. The predicted octanol–water partition coefficient (Wildman–Crippen LogP) is 9.10. The van der Waals surface area contributed by atoms with Gasteiger partial charge in [0, 0.05) is 79.2 Å². The van der Waals surface area contributed by atoms with Crippen molar-refractivity contribution in [2.24, 2.45) is 10.9 Å². The Hall–Kier alpha value is -3.70. The summed E-state index contributed by atoms with van der Waals surface area (Å²) in [6.45, 7) is 21.0. The number of amidine groups is 1. The largest absolute Gasteiger partial charge is 0.493 e. The van der Waals surface area contributed by atoms with Gasteiger partial charge in [-0.05, 0) is 88.8 Å². The van der Waals surface area contributed by atoms with E-state index in [-0.39, 0.29) is 23.3 Å². The van der Waals surface area contributed by atoms with Crippen LogP contribution in [0.2, 0.25) is 10.0 Å². The third-order valence-corrected chi connectivity index (χ3v) is 11.7. The molecule has 0 saturated carbocycles. The molecule has 1 aromatic heterocycles. The van der Waals surface area contributed by atoms with E-state index in [4.69, 9.17) is 47.4 Å². The number of carbonyl (C=O) groups is 2.